The predicted octanol–water partition coefficient (Wildman–Crippen LogP) is 2.95. The van der Waals surface area contributed by atoms with Crippen LogP contribution in [-0.2, 0) is 12.1 Å². The average Bonchev–Trinajstić information content (AvgIpc) is 3.42. The second-order valence-electron chi connectivity index (χ2n) is 7.59. The van der Waals surface area contributed by atoms with Gasteiger partial charge in [-0.3, -0.25) is 4.57 Å². The fourth-order valence-electron chi connectivity index (χ4n) is 3.62. The minimum atomic E-state index is -4.88. The summed E-state index contributed by atoms with van der Waals surface area (Å²) in [6, 6.07) is 5.85. The molecule has 9 nitrogen and oxygen atoms in total. The van der Waals surface area contributed by atoms with Crippen LogP contribution in [0.3, 0.4) is 0 Å². The smallest absolute Gasteiger partial charge is 0.406 e. The van der Waals surface area contributed by atoms with Crippen LogP contribution in [0, 0.1) is 11.6 Å². The van der Waals surface area contributed by atoms with Crippen LogP contribution in [0.4, 0.5) is 22.0 Å². The van der Waals surface area contributed by atoms with Gasteiger partial charge in [0.1, 0.15) is 42.0 Å². The Hall–Kier alpha value is -4.07. The molecule has 0 spiro atoms. The Labute approximate surface area is 193 Å². The molecule has 184 valence electrons. The van der Waals surface area contributed by atoms with E-state index in [1.165, 1.54) is 36.4 Å². The van der Waals surface area contributed by atoms with Crippen molar-refractivity contribution in [3.05, 3.63) is 89.1 Å². The summed E-state index contributed by atoms with van der Waals surface area (Å²) < 4.78 is 72.3. The molecule has 0 aliphatic heterocycles. The number of halogens is 5. The maximum atomic E-state index is 14.7. The average molecular weight is 496 g/mol. The van der Waals surface area contributed by atoms with E-state index in [4.69, 9.17) is 0 Å². The number of ether oxygens (including phenoxy) is 1. The zero-order valence-corrected chi connectivity index (χ0v) is 17.9. The molecule has 4 aromatic rings. The number of hydrogen-bond acceptors (Lipinski definition) is 6. The SMILES string of the molecule is C[C@@H](n1cnn(-c2ccc(OC(F)(F)F)cc2)c1=O)[C@](O)(Cn1cncn1)c1ccc(F)cc1F. The highest BCUT2D eigenvalue weighted by molar-refractivity contribution is 5.36. The summed E-state index contributed by atoms with van der Waals surface area (Å²) in [6.45, 7) is 1.07. The van der Waals surface area contributed by atoms with Crippen molar-refractivity contribution < 1.29 is 31.8 Å². The molecule has 0 fully saturated rings. The van der Waals surface area contributed by atoms with Crippen LogP contribution in [0.25, 0.3) is 5.69 Å². The van der Waals surface area contributed by atoms with E-state index in [0.29, 0.717) is 6.07 Å². The summed E-state index contributed by atoms with van der Waals surface area (Å²) in [5.41, 5.74) is -3.08. The Morgan fingerprint density at radius 2 is 1.77 bits per heavy atom. The molecule has 0 amide bonds. The number of hydrogen-bond donors (Lipinski definition) is 1. The van der Waals surface area contributed by atoms with Crippen molar-refractivity contribution in [2.45, 2.75) is 31.5 Å². The molecule has 2 aromatic heterocycles. The summed E-state index contributed by atoms with van der Waals surface area (Å²) in [7, 11) is 0. The highest BCUT2D eigenvalue weighted by Crippen LogP contribution is 2.36. The van der Waals surface area contributed by atoms with Gasteiger partial charge in [-0.05, 0) is 37.3 Å². The van der Waals surface area contributed by atoms with E-state index in [-0.39, 0.29) is 17.8 Å². The number of nitrogens with zero attached hydrogens (tertiary/aromatic N) is 6. The van der Waals surface area contributed by atoms with Gasteiger partial charge in [0.05, 0.1) is 18.3 Å². The van der Waals surface area contributed by atoms with Crippen molar-refractivity contribution in [1.82, 2.24) is 29.1 Å². The van der Waals surface area contributed by atoms with Gasteiger partial charge in [0, 0.05) is 11.6 Å². The van der Waals surface area contributed by atoms with E-state index in [1.807, 2.05) is 0 Å². The third kappa shape index (κ3) is 4.91. The summed E-state index contributed by atoms with van der Waals surface area (Å²) in [5, 5.41) is 19.5. The zero-order valence-electron chi connectivity index (χ0n) is 17.9. The van der Waals surface area contributed by atoms with Gasteiger partial charge in [-0.25, -0.2) is 23.2 Å². The van der Waals surface area contributed by atoms with Crippen LogP contribution >= 0.6 is 0 Å². The molecule has 2 atom stereocenters. The zero-order chi connectivity index (χ0) is 25.4. The quantitative estimate of drug-likeness (QED) is 0.395. The molecule has 2 aromatic carbocycles. The lowest BCUT2D eigenvalue weighted by atomic mass is 9.86. The van der Waals surface area contributed by atoms with Crippen LogP contribution in [0.15, 0.2) is 66.2 Å². The molecule has 0 radical (unpaired) electrons. The van der Waals surface area contributed by atoms with Gasteiger partial charge >= 0.3 is 12.1 Å². The third-order valence-corrected chi connectivity index (χ3v) is 5.38. The minimum absolute atomic E-state index is 0.114. The molecule has 0 saturated heterocycles. The van der Waals surface area contributed by atoms with Crippen molar-refractivity contribution in [3.8, 4) is 11.4 Å². The van der Waals surface area contributed by atoms with E-state index in [2.05, 4.69) is 19.9 Å². The molecular formula is C21H17F5N6O3. The summed E-state index contributed by atoms with van der Waals surface area (Å²) >= 11 is 0. The minimum Gasteiger partial charge on any atom is -0.406 e. The lowest BCUT2D eigenvalue weighted by Gasteiger charge is -2.34. The van der Waals surface area contributed by atoms with Crippen molar-refractivity contribution in [1.29, 1.82) is 0 Å². The second-order valence-corrected chi connectivity index (χ2v) is 7.59. The van der Waals surface area contributed by atoms with Crippen LogP contribution in [0.5, 0.6) is 5.75 Å². The molecular weight excluding hydrogens is 479 g/mol. The van der Waals surface area contributed by atoms with Gasteiger partial charge in [-0.2, -0.15) is 14.9 Å². The van der Waals surface area contributed by atoms with E-state index >= 15 is 0 Å². The number of aliphatic hydroxyl groups is 1. The fourth-order valence-corrected chi connectivity index (χ4v) is 3.62. The summed E-state index contributed by atoms with van der Waals surface area (Å²) in [4.78, 5) is 16.9. The van der Waals surface area contributed by atoms with Gasteiger partial charge in [-0.1, -0.05) is 6.07 Å². The molecule has 4 rings (SSSR count). The van der Waals surface area contributed by atoms with Crippen molar-refractivity contribution in [2.75, 3.05) is 0 Å². The van der Waals surface area contributed by atoms with Gasteiger partial charge in [0.2, 0.25) is 0 Å². The topological polar surface area (TPSA) is 100.0 Å². The highest BCUT2D eigenvalue weighted by Gasteiger charge is 2.41. The van der Waals surface area contributed by atoms with E-state index in [0.717, 1.165) is 39.8 Å². The molecule has 0 aliphatic carbocycles. The maximum Gasteiger partial charge on any atom is 0.573 e. The summed E-state index contributed by atoms with van der Waals surface area (Å²) in [6.07, 6.45) is -1.32. The Morgan fingerprint density at radius 1 is 1.06 bits per heavy atom. The third-order valence-electron chi connectivity index (χ3n) is 5.38. The molecule has 14 heteroatoms. The van der Waals surface area contributed by atoms with E-state index in [1.54, 1.807) is 0 Å². The standard InChI is InChI=1S/C21H17F5N6O3/c1-13(20(34,9-30-11-27-10-28-30)17-7-2-14(22)8-18(17)23)31-12-29-32(19(31)33)15-3-5-16(6-4-15)35-21(24,25)26/h2-8,10-13,34H,9H2,1H3/t13-,20-/m1/s1. The molecule has 35 heavy (non-hydrogen) atoms. The molecule has 2 heterocycles. The first kappa shape index (κ1) is 24.1. The van der Waals surface area contributed by atoms with Crippen LogP contribution < -0.4 is 10.4 Å². The van der Waals surface area contributed by atoms with Crippen LogP contribution in [0.2, 0.25) is 0 Å². The lowest BCUT2D eigenvalue weighted by Crippen LogP contribution is -2.43. The first-order valence-electron chi connectivity index (χ1n) is 10.0. The van der Waals surface area contributed by atoms with Crippen molar-refractivity contribution in [2.24, 2.45) is 0 Å². The normalized spacial score (nSPS) is 14.5. The van der Waals surface area contributed by atoms with Gasteiger partial charge in [-0.15, -0.1) is 13.2 Å². The van der Waals surface area contributed by atoms with Crippen molar-refractivity contribution in [3.63, 3.8) is 0 Å². The van der Waals surface area contributed by atoms with Gasteiger partial charge in [0.15, 0.2) is 0 Å². The maximum absolute atomic E-state index is 14.7. The first-order valence-corrected chi connectivity index (χ1v) is 10.0. The molecule has 0 aliphatic rings. The molecule has 0 saturated carbocycles. The van der Waals surface area contributed by atoms with Gasteiger partial charge < -0.3 is 9.84 Å². The highest BCUT2D eigenvalue weighted by atomic mass is 19.4. The largest absolute Gasteiger partial charge is 0.573 e. The second kappa shape index (κ2) is 8.94. The molecule has 0 bridgehead atoms. The molecule has 0 unspecified atom stereocenters. The number of benzene rings is 2. The number of rotatable bonds is 7. The number of aromatic nitrogens is 6. The fraction of sp³-hybridized carbons (Fsp3) is 0.238. The Bertz CT molecular complexity index is 1370. The Morgan fingerprint density at radius 3 is 2.37 bits per heavy atom. The van der Waals surface area contributed by atoms with Crippen LogP contribution in [0.1, 0.15) is 18.5 Å². The van der Waals surface area contributed by atoms with Crippen LogP contribution in [-0.4, -0.2) is 40.6 Å². The molecule has 1 N–H and O–H groups in total. The first-order chi connectivity index (χ1) is 16.5. The summed E-state index contributed by atoms with van der Waals surface area (Å²) in [5.74, 6) is -2.39. The van der Waals surface area contributed by atoms with E-state index < -0.39 is 41.1 Å². The lowest BCUT2D eigenvalue weighted by molar-refractivity contribution is -0.274. The Kier molecular flexibility index (Phi) is 6.15. The van der Waals surface area contributed by atoms with Gasteiger partial charge in [0.25, 0.3) is 0 Å². The van der Waals surface area contributed by atoms with E-state index in [9.17, 15) is 31.9 Å². The Balaban J connectivity index is 1.72. The monoisotopic (exact) mass is 496 g/mol. The predicted molar refractivity (Wildman–Crippen MR) is 109 cm³/mol. The van der Waals surface area contributed by atoms with Crippen molar-refractivity contribution >= 4 is 0 Å². The number of alkyl halides is 3.